The number of methoxy groups -OCH3 is 1. The number of halogens is 1. The minimum absolute atomic E-state index is 0.163. The number of hydrogen-bond donors (Lipinski definition) is 1. The molecular formula is C14H19FN2OS. The highest BCUT2D eigenvalue weighted by molar-refractivity contribution is 7.19. The van der Waals surface area contributed by atoms with Crippen molar-refractivity contribution < 1.29 is 9.13 Å². The van der Waals surface area contributed by atoms with E-state index in [1.54, 1.807) is 24.5 Å². The van der Waals surface area contributed by atoms with Gasteiger partial charge in [-0.1, -0.05) is 6.07 Å². The highest BCUT2D eigenvalue weighted by Gasteiger charge is 2.15. The van der Waals surface area contributed by atoms with Crippen molar-refractivity contribution in [2.24, 2.45) is 5.73 Å². The molecule has 0 atom stereocenters. The Bertz CT molecular complexity index is 556. The molecule has 5 heteroatoms. The van der Waals surface area contributed by atoms with Crippen LogP contribution in [0.2, 0.25) is 0 Å². The molecule has 2 N–H and O–H groups in total. The number of nitrogens with zero attached hydrogens (tertiary/aromatic N) is 1. The van der Waals surface area contributed by atoms with E-state index < -0.39 is 0 Å². The number of nitrogens with two attached hydrogens (primary N) is 1. The zero-order chi connectivity index (χ0) is 13.8. The minimum Gasteiger partial charge on any atom is -0.383 e. The van der Waals surface area contributed by atoms with E-state index in [0.717, 1.165) is 27.1 Å². The van der Waals surface area contributed by atoms with Crippen LogP contribution in [0.15, 0.2) is 18.2 Å². The van der Waals surface area contributed by atoms with Crippen molar-refractivity contribution in [2.45, 2.75) is 13.1 Å². The van der Waals surface area contributed by atoms with Gasteiger partial charge in [-0.2, -0.15) is 0 Å². The summed E-state index contributed by atoms with van der Waals surface area (Å²) in [4.78, 5) is 3.18. The van der Waals surface area contributed by atoms with Crippen LogP contribution < -0.4 is 5.73 Å². The number of benzene rings is 1. The van der Waals surface area contributed by atoms with Crippen LogP contribution >= 0.6 is 11.3 Å². The molecule has 3 nitrogen and oxygen atoms in total. The van der Waals surface area contributed by atoms with Gasteiger partial charge in [0, 0.05) is 41.7 Å². The zero-order valence-corrected chi connectivity index (χ0v) is 12.1. The molecule has 19 heavy (non-hydrogen) atoms. The Hall–Kier alpha value is -1.01. The minimum atomic E-state index is -0.163. The van der Waals surface area contributed by atoms with E-state index in [9.17, 15) is 4.39 Å². The van der Waals surface area contributed by atoms with Crippen LogP contribution in [0.1, 0.15) is 10.4 Å². The molecule has 0 saturated carbocycles. The lowest BCUT2D eigenvalue weighted by Crippen LogP contribution is -2.23. The van der Waals surface area contributed by atoms with Gasteiger partial charge in [0.2, 0.25) is 0 Å². The first-order valence-corrected chi connectivity index (χ1v) is 7.05. The Labute approximate surface area is 116 Å². The molecule has 2 rings (SSSR count). The topological polar surface area (TPSA) is 38.5 Å². The summed E-state index contributed by atoms with van der Waals surface area (Å²) in [6.45, 7) is 2.62. The van der Waals surface area contributed by atoms with Crippen molar-refractivity contribution >= 4 is 21.4 Å². The van der Waals surface area contributed by atoms with Crippen molar-refractivity contribution in [3.05, 3.63) is 34.5 Å². The predicted octanol–water partition coefficient (Wildman–Crippen LogP) is 2.58. The van der Waals surface area contributed by atoms with Gasteiger partial charge in [0.05, 0.1) is 6.61 Å². The van der Waals surface area contributed by atoms with E-state index in [4.69, 9.17) is 10.5 Å². The summed E-state index contributed by atoms with van der Waals surface area (Å²) in [5.41, 5.74) is 6.80. The van der Waals surface area contributed by atoms with Crippen molar-refractivity contribution in [2.75, 3.05) is 27.3 Å². The molecule has 0 fully saturated rings. The van der Waals surface area contributed by atoms with Crippen LogP contribution in [0, 0.1) is 5.82 Å². The fourth-order valence-electron chi connectivity index (χ4n) is 2.14. The van der Waals surface area contributed by atoms with Crippen molar-refractivity contribution in [1.82, 2.24) is 4.90 Å². The number of fused-ring (bicyclic) bond motifs is 1. The lowest BCUT2D eigenvalue weighted by atomic mass is 10.1. The maximum absolute atomic E-state index is 14.0. The van der Waals surface area contributed by atoms with E-state index in [-0.39, 0.29) is 5.82 Å². The van der Waals surface area contributed by atoms with Gasteiger partial charge in [-0.15, -0.1) is 11.3 Å². The smallest absolute Gasteiger partial charge is 0.132 e. The molecule has 0 bridgehead atoms. The van der Waals surface area contributed by atoms with Gasteiger partial charge in [-0.25, -0.2) is 4.39 Å². The third-order valence-electron chi connectivity index (χ3n) is 3.14. The summed E-state index contributed by atoms with van der Waals surface area (Å²) in [5.74, 6) is -0.163. The molecule has 1 aromatic heterocycles. The van der Waals surface area contributed by atoms with Gasteiger partial charge >= 0.3 is 0 Å². The molecule has 0 saturated heterocycles. The molecular weight excluding hydrogens is 263 g/mol. The van der Waals surface area contributed by atoms with E-state index in [0.29, 0.717) is 19.7 Å². The summed E-state index contributed by atoms with van der Waals surface area (Å²) in [7, 11) is 3.68. The Kier molecular flexibility index (Phi) is 4.87. The SMILES string of the molecule is COCCN(C)Cc1c(CN)sc2cccc(F)c12. The van der Waals surface area contributed by atoms with Crippen LogP contribution in [0.3, 0.4) is 0 Å². The van der Waals surface area contributed by atoms with Gasteiger partial charge in [-0.3, -0.25) is 4.90 Å². The third kappa shape index (κ3) is 3.12. The number of likely N-dealkylation sites (N-methyl/N-ethyl adjacent to an activating group) is 1. The highest BCUT2D eigenvalue weighted by atomic mass is 32.1. The van der Waals surface area contributed by atoms with Gasteiger partial charge in [0.25, 0.3) is 0 Å². The monoisotopic (exact) mass is 282 g/mol. The van der Waals surface area contributed by atoms with E-state index in [2.05, 4.69) is 4.90 Å². The first kappa shape index (κ1) is 14.4. The Morgan fingerprint density at radius 3 is 2.89 bits per heavy atom. The number of hydrogen-bond acceptors (Lipinski definition) is 4. The summed E-state index contributed by atoms with van der Waals surface area (Å²) in [6.07, 6.45) is 0. The largest absolute Gasteiger partial charge is 0.383 e. The van der Waals surface area contributed by atoms with Crippen LogP contribution in [0.25, 0.3) is 10.1 Å². The summed E-state index contributed by atoms with van der Waals surface area (Å²) in [5, 5.41) is 0.720. The molecule has 0 aliphatic heterocycles. The maximum atomic E-state index is 14.0. The highest BCUT2D eigenvalue weighted by Crippen LogP contribution is 2.33. The molecule has 1 aromatic carbocycles. The van der Waals surface area contributed by atoms with Crippen LogP contribution in [-0.2, 0) is 17.8 Å². The van der Waals surface area contributed by atoms with Gasteiger partial charge in [0.1, 0.15) is 5.82 Å². The first-order valence-electron chi connectivity index (χ1n) is 6.23. The second kappa shape index (κ2) is 6.43. The van der Waals surface area contributed by atoms with Crippen LogP contribution in [0.5, 0.6) is 0 Å². The Morgan fingerprint density at radius 2 is 2.21 bits per heavy atom. The van der Waals surface area contributed by atoms with E-state index >= 15 is 0 Å². The standard InChI is InChI=1S/C14H19FN2OS/c1-17(6-7-18-2)9-10-13(8-16)19-12-5-3-4-11(15)14(10)12/h3-5H,6-9,16H2,1-2H3. The quantitative estimate of drug-likeness (QED) is 0.885. The average Bonchev–Trinajstić information content (AvgIpc) is 2.75. The normalized spacial score (nSPS) is 11.6. The predicted molar refractivity (Wildman–Crippen MR) is 77.9 cm³/mol. The molecule has 0 aliphatic rings. The number of thiophene rings is 1. The second-order valence-electron chi connectivity index (χ2n) is 4.55. The molecule has 1 heterocycles. The Morgan fingerprint density at radius 1 is 1.42 bits per heavy atom. The molecule has 2 aromatic rings. The lowest BCUT2D eigenvalue weighted by molar-refractivity contribution is 0.159. The molecule has 104 valence electrons. The zero-order valence-electron chi connectivity index (χ0n) is 11.3. The van der Waals surface area contributed by atoms with E-state index in [1.165, 1.54) is 6.07 Å². The maximum Gasteiger partial charge on any atom is 0.132 e. The molecule has 0 aliphatic carbocycles. The molecule has 0 unspecified atom stereocenters. The van der Waals surface area contributed by atoms with Crippen LogP contribution in [-0.4, -0.2) is 32.2 Å². The van der Waals surface area contributed by atoms with Crippen molar-refractivity contribution in [3.8, 4) is 0 Å². The average molecular weight is 282 g/mol. The number of rotatable bonds is 6. The summed E-state index contributed by atoms with van der Waals surface area (Å²) in [6, 6.07) is 5.20. The third-order valence-corrected chi connectivity index (χ3v) is 4.36. The lowest BCUT2D eigenvalue weighted by Gasteiger charge is -2.16. The Balaban J connectivity index is 2.34. The molecule has 0 spiro atoms. The van der Waals surface area contributed by atoms with Crippen LogP contribution in [0.4, 0.5) is 4.39 Å². The van der Waals surface area contributed by atoms with Gasteiger partial charge in [-0.05, 0) is 24.7 Å². The first-order chi connectivity index (χ1) is 9.17. The summed E-state index contributed by atoms with van der Waals surface area (Å²) >= 11 is 1.58. The van der Waals surface area contributed by atoms with Crippen molar-refractivity contribution in [1.29, 1.82) is 0 Å². The van der Waals surface area contributed by atoms with E-state index in [1.807, 2.05) is 13.1 Å². The number of ether oxygens (including phenoxy) is 1. The van der Waals surface area contributed by atoms with Crippen molar-refractivity contribution in [3.63, 3.8) is 0 Å². The molecule has 0 radical (unpaired) electrons. The van der Waals surface area contributed by atoms with Gasteiger partial charge < -0.3 is 10.5 Å². The summed E-state index contributed by atoms with van der Waals surface area (Å²) < 4.78 is 20.1. The fraction of sp³-hybridized carbons (Fsp3) is 0.429. The fourth-order valence-corrected chi connectivity index (χ4v) is 3.25. The van der Waals surface area contributed by atoms with Gasteiger partial charge in [0.15, 0.2) is 0 Å². The second-order valence-corrected chi connectivity index (χ2v) is 5.69. The molecule has 0 amide bonds.